The van der Waals surface area contributed by atoms with Gasteiger partial charge in [0.1, 0.15) is 0 Å². The molecule has 0 unspecified atom stereocenters. The molecule has 2 rings (SSSR count). The van der Waals surface area contributed by atoms with E-state index in [9.17, 15) is 9.90 Å². The zero-order chi connectivity index (χ0) is 12.3. The SMILES string of the molecule is O=C(O)c1ccc(-c2ccccc2)c(CO)c1. The monoisotopic (exact) mass is 228 g/mol. The van der Waals surface area contributed by atoms with Crippen LogP contribution in [0.1, 0.15) is 15.9 Å². The van der Waals surface area contributed by atoms with Crippen LogP contribution in [0, 0.1) is 0 Å². The van der Waals surface area contributed by atoms with Gasteiger partial charge in [0.15, 0.2) is 0 Å². The topological polar surface area (TPSA) is 57.5 Å². The highest BCUT2D eigenvalue weighted by atomic mass is 16.4. The van der Waals surface area contributed by atoms with Gasteiger partial charge >= 0.3 is 5.97 Å². The number of aliphatic hydroxyl groups is 1. The lowest BCUT2D eigenvalue weighted by atomic mass is 9.98. The summed E-state index contributed by atoms with van der Waals surface area (Å²) < 4.78 is 0. The van der Waals surface area contributed by atoms with E-state index in [0.717, 1.165) is 11.1 Å². The van der Waals surface area contributed by atoms with Crippen molar-refractivity contribution in [1.82, 2.24) is 0 Å². The summed E-state index contributed by atoms with van der Waals surface area (Å²) in [4.78, 5) is 10.8. The van der Waals surface area contributed by atoms with Crippen molar-refractivity contribution >= 4 is 5.97 Å². The van der Waals surface area contributed by atoms with E-state index < -0.39 is 5.97 Å². The van der Waals surface area contributed by atoms with Gasteiger partial charge < -0.3 is 10.2 Å². The minimum absolute atomic E-state index is 0.175. The van der Waals surface area contributed by atoms with E-state index in [1.807, 2.05) is 30.3 Å². The van der Waals surface area contributed by atoms with Crippen molar-refractivity contribution in [3.05, 3.63) is 59.7 Å². The number of aliphatic hydroxyl groups excluding tert-OH is 1. The minimum Gasteiger partial charge on any atom is -0.478 e. The highest BCUT2D eigenvalue weighted by molar-refractivity contribution is 5.89. The maximum absolute atomic E-state index is 10.8. The van der Waals surface area contributed by atoms with Crippen LogP contribution in [0.3, 0.4) is 0 Å². The zero-order valence-corrected chi connectivity index (χ0v) is 9.13. The Bertz CT molecular complexity index is 532. The van der Waals surface area contributed by atoms with Gasteiger partial charge in [-0.25, -0.2) is 4.79 Å². The van der Waals surface area contributed by atoms with Gasteiger partial charge in [0.25, 0.3) is 0 Å². The lowest BCUT2D eigenvalue weighted by Gasteiger charge is -2.08. The van der Waals surface area contributed by atoms with E-state index in [1.165, 1.54) is 6.07 Å². The molecule has 0 aliphatic carbocycles. The summed E-state index contributed by atoms with van der Waals surface area (Å²) in [5.74, 6) is -0.987. The molecule has 0 aromatic heterocycles. The molecule has 3 heteroatoms. The molecule has 0 amide bonds. The summed E-state index contributed by atoms with van der Waals surface area (Å²) >= 11 is 0. The zero-order valence-electron chi connectivity index (χ0n) is 9.13. The van der Waals surface area contributed by atoms with E-state index in [2.05, 4.69) is 0 Å². The van der Waals surface area contributed by atoms with Gasteiger partial charge in [0.2, 0.25) is 0 Å². The first kappa shape index (κ1) is 11.4. The summed E-state index contributed by atoms with van der Waals surface area (Å²) in [6, 6.07) is 14.3. The largest absolute Gasteiger partial charge is 0.478 e. The van der Waals surface area contributed by atoms with Crippen LogP contribution in [0.15, 0.2) is 48.5 Å². The fourth-order valence-corrected chi connectivity index (χ4v) is 1.76. The fourth-order valence-electron chi connectivity index (χ4n) is 1.76. The highest BCUT2D eigenvalue weighted by Gasteiger charge is 2.08. The van der Waals surface area contributed by atoms with Crippen molar-refractivity contribution in [2.75, 3.05) is 0 Å². The third-order valence-corrected chi connectivity index (χ3v) is 2.61. The number of carboxylic acid groups (broad SMARTS) is 1. The molecule has 0 heterocycles. The van der Waals surface area contributed by atoms with Gasteiger partial charge in [0, 0.05) is 0 Å². The average Bonchev–Trinajstić information content (AvgIpc) is 2.39. The molecule has 0 radical (unpaired) electrons. The van der Waals surface area contributed by atoms with Crippen LogP contribution in [0.4, 0.5) is 0 Å². The molecule has 0 saturated heterocycles. The Balaban J connectivity index is 2.52. The Hall–Kier alpha value is -2.13. The number of carbonyl (C=O) groups is 1. The van der Waals surface area contributed by atoms with E-state index in [-0.39, 0.29) is 12.2 Å². The Morgan fingerprint density at radius 1 is 1.06 bits per heavy atom. The molecule has 2 N–H and O–H groups in total. The van der Waals surface area contributed by atoms with Crippen molar-refractivity contribution in [1.29, 1.82) is 0 Å². The molecule has 0 atom stereocenters. The lowest BCUT2D eigenvalue weighted by molar-refractivity contribution is 0.0696. The van der Waals surface area contributed by atoms with E-state index in [4.69, 9.17) is 5.11 Å². The number of hydrogen-bond donors (Lipinski definition) is 2. The Morgan fingerprint density at radius 2 is 1.76 bits per heavy atom. The molecule has 3 nitrogen and oxygen atoms in total. The molecule has 0 fully saturated rings. The maximum atomic E-state index is 10.8. The minimum atomic E-state index is -0.987. The maximum Gasteiger partial charge on any atom is 0.335 e. The molecule has 17 heavy (non-hydrogen) atoms. The summed E-state index contributed by atoms with van der Waals surface area (Å²) in [6.07, 6.45) is 0. The second-order valence-electron chi connectivity index (χ2n) is 3.70. The summed E-state index contributed by atoms with van der Waals surface area (Å²) in [6.45, 7) is -0.175. The van der Waals surface area contributed by atoms with Crippen molar-refractivity contribution in [3.8, 4) is 11.1 Å². The molecule has 2 aromatic rings. The Labute approximate surface area is 99.0 Å². The van der Waals surface area contributed by atoms with Crippen LogP contribution >= 0.6 is 0 Å². The molecular weight excluding hydrogens is 216 g/mol. The third kappa shape index (κ3) is 2.34. The molecule has 0 aliphatic rings. The first-order chi connectivity index (χ1) is 8.22. The molecular formula is C14H12O3. The van der Waals surface area contributed by atoms with Crippen LogP contribution < -0.4 is 0 Å². The number of carboxylic acids is 1. The fraction of sp³-hybridized carbons (Fsp3) is 0.0714. The van der Waals surface area contributed by atoms with Crippen molar-refractivity contribution in [3.63, 3.8) is 0 Å². The van der Waals surface area contributed by atoms with E-state index >= 15 is 0 Å². The number of hydrogen-bond acceptors (Lipinski definition) is 2. The quantitative estimate of drug-likeness (QED) is 0.848. The third-order valence-electron chi connectivity index (χ3n) is 2.61. The van der Waals surface area contributed by atoms with Crippen molar-refractivity contribution in [2.45, 2.75) is 6.61 Å². The highest BCUT2D eigenvalue weighted by Crippen LogP contribution is 2.24. The summed E-state index contributed by atoms with van der Waals surface area (Å²) in [5.41, 5.74) is 2.64. The predicted molar refractivity (Wildman–Crippen MR) is 64.8 cm³/mol. The average molecular weight is 228 g/mol. The Kier molecular flexibility index (Phi) is 3.21. The predicted octanol–water partition coefficient (Wildman–Crippen LogP) is 2.54. The molecule has 86 valence electrons. The standard InChI is InChI=1S/C14H12O3/c15-9-12-8-11(14(16)17)6-7-13(12)10-4-2-1-3-5-10/h1-8,15H,9H2,(H,16,17). The first-order valence-corrected chi connectivity index (χ1v) is 5.25. The summed E-state index contributed by atoms with van der Waals surface area (Å²) in [5, 5.41) is 18.2. The summed E-state index contributed by atoms with van der Waals surface area (Å²) in [7, 11) is 0. The van der Waals surface area contributed by atoms with Crippen molar-refractivity contribution < 1.29 is 15.0 Å². The number of benzene rings is 2. The van der Waals surface area contributed by atoms with Gasteiger partial charge in [-0.05, 0) is 28.8 Å². The van der Waals surface area contributed by atoms with Crippen LogP contribution in [0.25, 0.3) is 11.1 Å². The second kappa shape index (κ2) is 4.80. The van der Waals surface area contributed by atoms with Crippen LogP contribution in [-0.2, 0) is 6.61 Å². The van der Waals surface area contributed by atoms with E-state index in [1.54, 1.807) is 12.1 Å². The van der Waals surface area contributed by atoms with Gasteiger partial charge in [-0.15, -0.1) is 0 Å². The van der Waals surface area contributed by atoms with Gasteiger partial charge in [-0.2, -0.15) is 0 Å². The van der Waals surface area contributed by atoms with Gasteiger partial charge in [-0.1, -0.05) is 36.4 Å². The van der Waals surface area contributed by atoms with Crippen LogP contribution in [0.5, 0.6) is 0 Å². The smallest absolute Gasteiger partial charge is 0.335 e. The van der Waals surface area contributed by atoms with Crippen LogP contribution in [-0.4, -0.2) is 16.2 Å². The molecule has 2 aromatic carbocycles. The van der Waals surface area contributed by atoms with Gasteiger partial charge in [0.05, 0.1) is 12.2 Å². The Morgan fingerprint density at radius 3 is 2.35 bits per heavy atom. The normalized spacial score (nSPS) is 10.2. The van der Waals surface area contributed by atoms with Crippen molar-refractivity contribution in [2.24, 2.45) is 0 Å². The lowest BCUT2D eigenvalue weighted by Crippen LogP contribution is -1.99. The van der Waals surface area contributed by atoms with E-state index in [0.29, 0.717) is 5.56 Å². The number of rotatable bonds is 3. The second-order valence-corrected chi connectivity index (χ2v) is 3.70. The molecule has 0 bridgehead atoms. The van der Waals surface area contributed by atoms with Crippen LogP contribution in [0.2, 0.25) is 0 Å². The van der Waals surface area contributed by atoms with Gasteiger partial charge in [-0.3, -0.25) is 0 Å². The number of aromatic carboxylic acids is 1. The first-order valence-electron chi connectivity index (χ1n) is 5.25. The molecule has 0 spiro atoms. The molecule has 0 aliphatic heterocycles. The molecule has 0 saturated carbocycles.